The molecule has 4 aromatic carbocycles. The summed E-state index contributed by atoms with van der Waals surface area (Å²) in [5.41, 5.74) is 4.91. The van der Waals surface area contributed by atoms with Crippen molar-refractivity contribution in [1.29, 1.82) is 0 Å². The van der Waals surface area contributed by atoms with Crippen LogP contribution in [0.15, 0.2) is 83.5 Å². The van der Waals surface area contributed by atoms with Gasteiger partial charge in [-0.15, -0.1) is 24.8 Å². The number of rotatable bonds is 1. The number of benzene rings is 4. The van der Waals surface area contributed by atoms with Gasteiger partial charge in [0.05, 0.1) is 0 Å². The Labute approximate surface area is 268 Å². The number of phenolic OH excluding ortho intramolecular Hbond substituents is 2. The number of phenols is 2. The number of halogens is 2. The number of fused-ring (bicyclic) bond motifs is 2. The molecule has 0 aliphatic carbocycles. The third-order valence-electron chi connectivity index (χ3n) is 6.77. The van der Waals surface area contributed by atoms with E-state index in [2.05, 4.69) is 91.8 Å². The molecule has 0 saturated heterocycles. The normalized spacial score (nSPS) is 10.8. The van der Waals surface area contributed by atoms with Crippen molar-refractivity contribution in [1.82, 2.24) is 0 Å². The fourth-order valence-electron chi connectivity index (χ4n) is 4.69. The van der Waals surface area contributed by atoms with Gasteiger partial charge in [-0.1, -0.05) is 90.1 Å². The van der Waals surface area contributed by atoms with E-state index in [1.165, 1.54) is 22.3 Å². The van der Waals surface area contributed by atoms with Crippen molar-refractivity contribution in [2.75, 3.05) is 0 Å². The van der Waals surface area contributed by atoms with E-state index in [4.69, 9.17) is 4.42 Å². The standard InChI is InChI=1S/2C15H18O.C5H4O.2ClH.Ti/c2*1-10-8-9-13(16)14-11(10)6-5-7-12(14)15(2,3)4;1-5-3-2-4-6-5;;;/h2*5-9,16H,1-4H3;1-4H;2*1H;. The number of aromatic hydroxyl groups is 2. The maximum atomic E-state index is 10.0. The first-order valence-corrected chi connectivity index (χ1v) is 14.1. The van der Waals surface area contributed by atoms with Crippen molar-refractivity contribution in [3.05, 3.63) is 107 Å². The second-order valence-electron chi connectivity index (χ2n) is 11.9. The zero-order valence-electron chi connectivity index (χ0n) is 25.2. The number of hydrogen-bond acceptors (Lipinski definition) is 3. The van der Waals surface area contributed by atoms with Gasteiger partial charge in [0.25, 0.3) is 0 Å². The van der Waals surface area contributed by atoms with Crippen LogP contribution < -0.4 is 0 Å². The summed E-state index contributed by atoms with van der Waals surface area (Å²) in [5.74, 6) is 1.69. The minimum absolute atomic E-state index is 0. The zero-order valence-corrected chi connectivity index (χ0v) is 28.4. The molecule has 0 bridgehead atoms. The van der Waals surface area contributed by atoms with E-state index in [1.807, 2.05) is 48.6 Å². The Hall–Kier alpha value is -2.56. The molecule has 5 rings (SSSR count). The molecular weight excluding hydrogens is 587 g/mol. The number of aryl methyl sites for hydroxylation is 2. The molecule has 0 fully saturated rings. The Morgan fingerprint density at radius 1 is 0.610 bits per heavy atom. The molecule has 1 aromatic heterocycles. The molecule has 0 aliphatic rings. The Morgan fingerprint density at radius 2 is 1.02 bits per heavy atom. The Kier molecular flexibility index (Phi) is 13.4. The van der Waals surface area contributed by atoms with Crippen LogP contribution in [-0.4, -0.2) is 14.5 Å². The molecule has 5 aromatic rings. The Balaban J connectivity index is 0.000000321. The predicted molar refractivity (Wildman–Crippen MR) is 176 cm³/mol. The molecule has 3 nitrogen and oxygen atoms in total. The van der Waals surface area contributed by atoms with Crippen LogP contribution in [-0.2, 0) is 30.8 Å². The third-order valence-corrected chi connectivity index (χ3v) is 7.22. The van der Waals surface area contributed by atoms with Crippen LogP contribution in [0.25, 0.3) is 21.5 Å². The molecule has 0 radical (unpaired) electrons. The summed E-state index contributed by atoms with van der Waals surface area (Å²) in [6, 6.07) is 23.7. The molecule has 0 spiro atoms. The van der Waals surface area contributed by atoms with Crippen LogP contribution in [0.3, 0.4) is 0 Å². The summed E-state index contributed by atoms with van der Waals surface area (Å²) in [6.45, 7) is 17.2. The molecular formula is C35H42Cl2O3Ti. The average molecular weight is 629 g/mol. The van der Waals surface area contributed by atoms with E-state index in [0.29, 0.717) is 11.5 Å². The number of hydrogen-bond donors (Lipinski definition) is 2. The second kappa shape index (κ2) is 15.1. The van der Waals surface area contributed by atoms with Crippen LogP contribution in [0.5, 0.6) is 11.5 Å². The summed E-state index contributed by atoms with van der Waals surface area (Å²) in [7, 11) is 0. The van der Waals surface area contributed by atoms with Crippen LogP contribution in [0.4, 0.5) is 0 Å². The van der Waals surface area contributed by atoms with Crippen LogP contribution in [0.2, 0.25) is 0 Å². The fraction of sp³-hybridized carbons (Fsp3) is 0.286. The van der Waals surface area contributed by atoms with Crippen molar-refractivity contribution < 1.29 is 34.6 Å². The van der Waals surface area contributed by atoms with E-state index in [1.54, 1.807) is 18.4 Å². The molecule has 2 N–H and O–H groups in total. The fourth-order valence-corrected chi connectivity index (χ4v) is 4.95. The van der Waals surface area contributed by atoms with Crippen molar-refractivity contribution in [2.45, 2.75) is 66.2 Å². The van der Waals surface area contributed by atoms with Gasteiger partial charge >= 0.3 is 52.9 Å². The van der Waals surface area contributed by atoms with Gasteiger partial charge in [-0.25, -0.2) is 0 Å². The predicted octanol–water partition coefficient (Wildman–Crippen LogP) is 10.1. The van der Waals surface area contributed by atoms with Gasteiger partial charge in [-0.2, -0.15) is 0 Å². The summed E-state index contributed by atoms with van der Waals surface area (Å²) in [5, 5.41) is 24.4. The summed E-state index contributed by atoms with van der Waals surface area (Å²) in [4.78, 5) is 0. The van der Waals surface area contributed by atoms with Crippen molar-refractivity contribution >= 4 is 50.7 Å². The monoisotopic (exact) mass is 628 g/mol. The van der Waals surface area contributed by atoms with Crippen LogP contribution >= 0.6 is 24.8 Å². The zero-order chi connectivity index (χ0) is 29.0. The Bertz CT molecular complexity index is 1480. The topological polar surface area (TPSA) is 53.6 Å². The minimum atomic E-state index is 0. The Morgan fingerprint density at radius 3 is 1.32 bits per heavy atom. The molecule has 0 unspecified atom stereocenters. The second-order valence-corrected chi connectivity index (χ2v) is 12.4. The van der Waals surface area contributed by atoms with Gasteiger partial charge in [0.2, 0.25) is 0 Å². The van der Waals surface area contributed by atoms with Crippen molar-refractivity contribution in [3.63, 3.8) is 0 Å². The summed E-state index contributed by atoms with van der Waals surface area (Å²) in [6.07, 6.45) is 1.66. The molecule has 0 aliphatic heterocycles. The third kappa shape index (κ3) is 8.96. The van der Waals surface area contributed by atoms with E-state index < -0.39 is 0 Å². The summed E-state index contributed by atoms with van der Waals surface area (Å²) >= 11 is 1.94. The van der Waals surface area contributed by atoms with Gasteiger partial charge in [-0.3, -0.25) is 0 Å². The SMILES string of the molecule is Cc1ccc(O)c2c(C(C)(C)C)cccc12.Cc1ccc(O)c2c(C(C)(C)C)cccc12.Cl.Cl.[Ti]=[CH]c1ccco1. The maximum absolute atomic E-state index is 10.0. The molecule has 218 valence electrons. The molecule has 0 atom stereocenters. The summed E-state index contributed by atoms with van der Waals surface area (Å²) < 4.78 is 6.84. The molecule has 0 saturated carbocycles. The quantitative estimate of drug-likeness (QED) is 0.182. The van der Waals surface area contributed by atoms with E-state index >= 15 is 0 Å². The van der Waals surface area contributed by atoms with E-state index in [9.17, 15) is 10.2 Å². The molecule has 6 heteroatoms. The van der Waals surface area contributed by atoms with Gasteiger partial charge in [-0.05, 0) is 69.8 Å². The molecule has 41 heavy (non-hydrogen) atoms. The molecule has 0 amide bonds. The van der Waals surface area contributed by atoms with Crippen molar-refractivity contribution in [3.8, 4) is 11.5 Å². The average Bonchev–Trinajstić information content (AvgIpc) is 3.42. The van der Waals surface area contributed by atoms with Gasteiger partial charge in [0.15, 0.2) is 0 Å². The first-order valence-electron chi connectivity index (χ1n) is 13.2. The van der Waals surface area contributed by atoms with E-state index in [-0.39, 0.29) is 35.6 Å². The first kappa shape index (κ1) is 36.5. The first-order chi connectivity index (χ1) is 18.3. The van der Waals surface area contributed by atoms with Crippen molar-refractivity contribution in [2.24, 2.45) is 0 Å². The van der Waals surface area contributed by atoms with Gasteiger partial charge in [0, 0.05) is 10.8 Å². The molecule has 1 heterocycles. The van der Waals surface area contributed by atoms with Gasteiger partial charge in [0.1, 0.15) is 11.5 Å². The van der Waals surface area contributed by atoms with Crippen LogP contribution in [0, 0.1) is 13.8 Å². The van der Waals surface area contributed by atoms with Gasteiger partial charge < -0.3 is 10.2 Å². The number of furan rings is 1. The van der Waals surface area contributed by atoms with Crippen LogP contribution in [0.1, 0.15) is 69.6 Å². The van der Waals surface area contributed by atoms with E-state index in [0.717, 1.165) is 27.3 Å².